The maximum absolute atomic E-state index is 9.26. The van der Waals surface area contributed by atoms with Gasteiger partial charge in [-0.05, 0) is 24.1 Å². The van der Waals surface area contributed by atoms with E-state index in [9.17, 15) is 4.79 Å². The second kappa shape index (κ2) is 6.77. The molecule has 14 heavy (non-hydrogen) atoms. The van der Waals surface area contributed by atoms with Crippen LogP contribution in [0.1, 0.15) is 12.5 Å². The summed E-state index contributed by atoms with van der Waals surface area (Å²) in [7, 11) is 1.35. The van der Waals surface area contributed by atoms with Gasteiger partial charge >= 0.3 is 6.09 Å². The van der Waals surface area contributed by atoms with Gasteiger partial charge in [0.2, 0.25) is 0 Å². The topological polar surface area (TPSA) is 69.6 Å². The Labute approximate surface area is 83.2 Å². The van der Waals surface area contributed by atoms with Crippen molar-refractivity contribution in [2.75, 3.05) is 7.05 Å². The molecule has 4 nitrogen and oxygen atoms in total. The molecular weight excluding hydrogens is 182 g/mol. The predicted molar refractivity (Wildman–Crippen MR) is 54.6 cm³/mol. The number of aromatic hydroxyl groups is 1. The molecule has 0 aliphatic rings. The summed E-state index contributed by atoms with van der Waals surface area (Å²) in [6.07, 6.45) is -0.0148. The zero-order chi connectivity index (χ0) is 11.0. The first-order valence-electron chi connectivity index (χ1n) is 4.28. The zero-order valence-electron chi connectivity index (χ0n) is 8.32. The van der Waals surface area contributed by atoms with Crippen molar-refractivity contribution < 1.29 is 15.0 Å². The summed E-state index contributed by atoms with van der Waals surface area (Å²) in [6.45, 7) is 2.06. The number of hydrogen-bond acceptors (Lipinski definition) is 2. The fraction of sp³-hybridized carbons (Fsp3) is 0.300. The molecule has 1 aromatic carbocycles. The fourth-order valence-corrected chi connectivity index (χ4v) is 0.776. The number of aryl methyl sites for hydroxylation is 1. The maximum Gasteiger partial charge on any atom is 0.404 e. The molecule has 0 aliphatic heterocycles. The number of phenolic OH excluding ortho intramolecular Hbond substituents is 1. The average Bonchev–Trinajstić information content (AvgIpc) is 2.18. The molecule has 78 valence electrons. The van der Waals surface area contributed by atoms with E-state index in [0.717, 1.165) is 6.42 Å². The quantitative estimate of drug-likeness (QED) is 0.643. The largest absolute Gasteiger partial charge is 0.508 e. The van der Waals surface area contributed by atoms with Gasteiger partial charge < -0.3 is 15.5 Å². The van der Waals surface area contributed by atoms with Crippen LogP contribution >= 0.6 is 0 Å². The summed E-state index contributed by atoms with van der Waals surface area (Å²) in [5, 5.41) is 18.5. The molecule has 0 atom stereocenters. The molecule has 0 aliphatic carbocycles. The molecule has 0 aromatic heterocycles. The molecule has 0 spiro atoms. The molecule has 1 aromatic rings. The van der Waals surface area contributed by atoms with E-state index in [1.807, 2.05) is 17.4 Å². The molecule has 0 saturated carbocycles. The third kappa shape index (κ3) is 5.88. The monoisotopic (exact) mass is 197 g/mol. The Morgan fingerprint density at radius 2 is 2.07 bits per heavy atom. The molecule has 1 amide bonds. The Balaban J connectivity index is 0.000000292. The molecule has 0 heterocycles. The van der Waals surface area contributed by atoms with Crippen LogP contribution in [0.5, 0.6) is 5.75 Å². The van der Waals surface area contributed by atoms with E-state index in [0.29, 0.717) is 5.75 Å². The van der Waals surface area contributed by atoms with Crippen LogP contribution in [0.3, 0.4) is 0 Å². The summed E-state index contributed by atoms with van der Waals surface area (Å²) in [4.78, 5) is 9.26. The van der Waals surface area contributed by atoms with E-state index < -0.39 is 6.09 Å². The van der Waals surface area contributed by atoms with Crippen LogP contribution in [-0.2, 0) is 6.42 Å². The second-order valence-corrected chi connectivity index (χ2v) is 2.58. The van der Waals surface area contributed by atoms with Crippen LogP contribution < -0.4 is 5.32 Å². The van der Waals surface area contributed by atoms with Gasteiger partial charge in [0.15, 0.2) is 0 Å². The van der Waals surface area contributed by atoms with E-state index in [2.05, 4.69) is 6.92 Å². The summed E-state index contributed by atoms with van der Waals surface area (Å²) in [6, 6.07) is 7.31. The molecule has 0 fully saturated rings. The van der Waals surface area contributed by atoms with Crippen molar-refractivity contribution in [2.24, 2.45) is 0 Å². The van der Waals surface area contributed by atoms with E-state index >= 15 is 0 Å². The van der Waals surface area contributed by atoms with Gasteiger partial charge in [0.05, 0.1) is 0 Å². The third-order valence-electron chi connectivity index (χ3n) is 1.53. The summed E-state index contributed by atoms with van der Waals surface area (Å²) in [5.41, 5.74) is 1.18. The summed E-state index contributed by atoms with van der Waals surface area (Å²) >= 11 is 0. The standard InChI is InChI=1S/C8H10O.C2H5NO2/c1-2-7-4-3-5-8(9)6-7;1-3-2(4)5/h3-6,9H,2H2,1H3;3H,1H3,(H,4,5). The Kier molecular flexibility index (Phi) is 5.94. The van der Waals surface area contributed by atoms with Gasteiger partial charge in [0.1, 0.15) is 5.75 Å². The van der Waals surface area contributed by atoms with Crippen LogP contribution in [0, 0.1) is 0 Å². The van der Waals surface area contributed by atoms with Crippen molar-refractivity contribution in [3.8, 4) is 5.75 Å². The van der Waals surface area contributed by atoms with Gasteiger partial charge in [-0.2, -0.15) is 0 Å². The van der Waals surface area contributed by atoms with Crippen molar-refractivity contribution in [1.29, 1.82) is 0 Å². The Morgan fingerprint density at radius 3 is 2.36 bits per heavy atom. The highest BCUT2D eigenvalue weighted by Crippen LogP contribution is 2.10. The second-order valence-electron chi connectivity index (χ2n) is 2.58. The van der Waals surface area contributed by atoms with Crippen molar-refractivity contribution in [3.05, 3.63) is 29.8 Å². The third-order valence-corrected chi connectivity index (χ3v) is 1.53. The van der Waals surface area contributed by atoms with Gasteiger partial charge in [-0.15, -0.1) is 0 Å². The average molecular weight is 197 g/mol. The Hall–Kier alpha value is -1.71. The van der Waals surface area contributed by atoms with E-state index in [-0.39, 0.29) is 0 Å². The van der Waals surface area contributed by atoms with Crippen molar-refractivity contribution in [1.82, 2.24) is 5.32 Å². The lowest BCUT2D eigenvalue weighted by Crippen LogP contribution is -2.13. The van der Waals surface area contributed by atoms with Crippen LogP contribution in [0.25, 0.3) is 0 Å². The van der Waals surface area contributed by atoms with Gasteiger partial charge in [-0.25, -0.2) is 4.79 Å². The minimum atomic E-state index is -0.995. The van der Waals surface area contributed by atoms with E-state index in [4.69, 9.17) is 10.2 Å². The van der Waals surface area contributed by atoms with Gasteiger partial charge in [0.25, 0.3) is 0 Å². The predicted octanol–water partition coefficient (Wildman–Crippen LogP) is 1.84. The number of benzene rings is 1. The minimum Gasteiger partial charge on any atom is -0.508 e. The zero-order valence-corrected chi connectivity index (χ0v) is 8.32. The minimum absolute atomic E-state index is 0.356. The summed E-state index contributed by atoms with van der Waals surface area (Å²) in [5.74, 6) is 0.356. The molecular formula is C10H15NO3. The number of carboxylic acid groups (broad SMARTS) is 1. The van der Waals surface area contributed by atoms with Crippen LogP contribution in [0.15, 0.2) is 24.3 Å². The number of hydrogen-bond donors (Lipinski definition) is 3. The molecule has 3 N–H and O–H groups in total. The van der Waals surface area contributed by atoms with Gasteiger partial charge in [-0.3, -0.25) is 0 Å². The Morgan fingerprint density at radius 1 is 1.50 bits per heavy atom. The van der Waals surface area contributed by atoms with E-state index in [1.165, 1.54) is 12.6 Å². The lowest BCUT2D eigenvalue weighted by Gasteiger charge is -1.94. The molecule has 0 bridgehead atoms. The number of nitrogens with one attached hydrogen (secondary N) is 1. The Bertz CT molecular complexity index is 286. The number of amides is 1. The molecule has 1 rings (SSSR count). The molecule has 0 saturated heterocycles. The number of phenols is 1. The normalized spacial score (nSPS) is 8.43. The van der Waals surface area contributed by atoms with Crippen molar-refractivity contribution in [3.63, 3.8) is 0 Å². The first-order chi connectivity index (χ1) is 6.60. The highest BCUT2D eigenvalue weighted by Gasteiger charge is 1.87. The van der Waals surface area contributed by atoms with Gasteiger partial charge in [-0.1, -0.05) is 19.1 Å². The smallest absolute Gasteiger partial charge is 0.404 e. The molecule has 0 radical (unpaired) electrons. The fourth-order valence-electron chi connectivity index (χ4n) is 0.776. The van der Waals surface area contributed by atoms with Crippen molar-refractivity contribution in [2.45, 2.75) is 13.3 Å². The van der Waals surface area contributed by atoms with E-state index in [1.54, 1.807) is 12.1 Å². The van der Waals surface area contributed by atoms with Crippen LogP contribution in [0.4, 0.5) is 4.79 Å². The number of rotatable bonds is 1. The first kappa shape index (κ1) is 12.3. The van der Waals surface area contributed by atoms with Gasteiger partial charge in [0, 0.05) is 7.05 Å². The highest BCUT2D eigenvalue weighted by atomic mass is 16.4. The highest BCUT2D eigenvalue weighted by molar-refractivity contribution is 5.63. The SMILES string of the molecule is CCc1cccc(O)c1.CNC(=O)O. The lowest BCUT2D eigenvalue weighted by molar-refractivity contribution is 0.197. The maximum atomic E-state index is 9.26. The lowest BCUT2D eigenvalue weighted by atomic mass is 10.2. The molecule has 4 heteroatoms. The first-order valence-corrected chi connectivity index (χ1v) is 4.28. The molecule has 0 unspecified atom stereocenters. The summed E-state index contributed by atoms with van der Waals surface area (Å²) < 4.78 is 0. The number of carbonyl (C=O) groups is 1. The van der Waals surface area contributed by atoms with Crippen LogP contribution in [-0.4, -0.2) is 23.4 Å². The van der Waals surface area contributed by atoms with Crippen LogP contribution in [0.2, 0.25) is 0 Å². The van der Waals surface area contributed by atoms with Crippen molar-refractivity contribution >= 4 is 6.09 Å².